The second-order valence-corrected chi connectivity index (χ2v) is 5.65. The maximum absolute atomic E-state index is 10.6. The summed E-state index contributed by atoms with van der Waals surface area (Å²) in [5.41, 5.74) is 7.61. The van der Waals surface area contributed by atoms with Gasteiger partial charge in [-0.1, -0.05) is 38.1 Å². The molecule has 3 N–H and O–H groups in total. The van der Waals surface area contributed by atoms with E-state index in [1.807, 2.05) is 0 Å². The Morgan fingerprint density at radius 3 is 2.18 bits per heavy atom. The molecule has 2 rings (SSSR count). The highest BCUT2D eigenvalue weighted by atomic mass is 16.3. The maximum Gasteiger partial charge on any atom is 0.0897 e. The van der Waals surface area contributed by atoms with E-state index in [9.17, 15) is 5.11 Å². The van der Waals surface area contributed by atoms with E-state index in [0.717, 1.165) is 31.2 Å². The molecule has 0 amide bonds. The first-order valence-electron chi connectivity index (χ1n) is 6.60. The monoisotopic (exact) mass is 233 g/mol. The van der Waals surface area contributed by atoms with Crippen molar-refractivity contribution < 1.29 is 5.11 Å². The van der Waals surface area contributed by atoms with Crippen molar-refractivity contribution in [3.8, 4) is 0 Å². The molecule has 0 unspecified atom stereocenters. The summed E-state index contributed by atoms with van der Waals surface area (Å²) >= 11 is 0. The summed E-state index contributed by atoms with van der Waals surface area (Å²) in [6.07, 6.45) is 3.41. The third-order valence-corrected chi connectivity index (χ3v) is 3.97. The minimum Gasteiger partial charge on any atom is -0.385 e. The van der Waals surface area contributed by atoms with E-state index in [0.29, 0.717) is 5.92 Å². The normalized spacial score (nSPS) is 29.6. The number of rotatable bonds is 2. The van der Waals surface area contributed by atoms with Crippen molar-refractivity contribution in [1.29, 1.82) is 0 Å². The van der Waals surface area contributed by atoms with Gasteiger partial charge in [-0.05, 0) is 42.7 Å². The number of hydrogen-bond acceptors (Lipinski definition) is 2. The Bertz CT molecular complexity index is 361. The Hall–Kier alpha value is -0.860. The Balaban J connectivity index is 2.16. The van der Waals surface area contributed by atoms with Gasteiger partial charge in [-0.15, -0.1) is 0 Å². The SMILES string of the molecule is CC(C)c1ccc(C2(O)CCC(N)CC2)cc1. The average Bonchev–Trinajstić information content (AvgIpc) is 2.33. The van der Waals surface area contributed by atoms with Gasteiger partial charge in [0.2, 0.25) is 0 Å². The molecule has 2 heteroatoms. The lowest BCUT2D eigenvalue weighted by atomic mass is 9.77. The molecule has 0 spiro atoms. The van der Waals surface area contributed by atoms with Gasteiger partial charge in [0.1, 0.15) is 0 Å². The van der Waals surface area contributed by atoms with Crippen molar-refractivity contribution in [3.63, 3.8) is 0 Å². The van der Waals surface area contributed by atoms with Crippen LogP contribution in [0.15, 0.2) is 24.3 Å². The molecule has 2 nitrogen and oxygen atoms in total. The standard InChI is InChI=1S/C15H23NO/c1-11(2)12-3-5-13(6-4-12)15(17)9-7-14(16)8-10-15/h3-6,11,14,17H,7-10,16H2,1-2H3. The van der Waals surface area contributed by atoms with Crippen LogP contribution in [0.3, 0.4) is 0 Å². The largest absolute Gasteiger partial charge is 0.385 e. The molecular formula is C15H23NO. The molecule has 0 saturated heterocycles. The van der Waals surface area contributed by atoms with Crippen LogP contribution in [-0.2, 0) is 5.60 Å². The molecule has 0 bridgehead atoms. The van der Waals surface area contributed by atoms with Gasteiger partial charge < -0.3 is 10.8 Å². The fourth-order valence-electron chi connectivity index (χ4n) is 2.58. The molecule has 0 radical (unpaired) electrons. The third kappa shape index (κ3) is 2.70. The van der Waals surface area contributed by atoms with Gasteiger partial charge in [0.15, 0.2) is 0 Å². The lowest BCUT2D eigenvalue weighted by molar-refractivity contribution is -0.00497. The van der Waals surface area contributed by atoms with Crippen LogP contribution in [0.1, 0.15) is 56.6 Å². The van der Waals surface area contributed by atoms with Gasteiger partial charge in [-0.2, -0.15) is 0 Å². The number of hydrogen-bond donors (Lipinski definition) is 2. The predicted octanol–water partition coefficient (Wildman–Crippen LogP) is 2.90. The molecule has 1 aromatic rings. The Morgan fingerprint density at radius 2 is 1.71 bits per heavy atom. The maximum atomic E-state index is 10.6. The molecule has 1 aromatic carbocycles. The van der Waals surface area contributed by atoms with Crippen LogP contribution in [0.25, 0.3) is 0 Å². The van der Waals surface area contributed by atoms with Crippen LogP contribution in [0.5, 0.6) is 0 Å². The fourth-order valence-corrected chi connectivity index (χ4v) is 2.58. The molecule has 0 aliphatic heterocycles. The minimum atomic E-state index is -0.647. The highest BCUT2D eigenvalue weighted by Gasteiger charge is 2.33. The molecule has 17 heavy (non-hydrogen) atoms. The van der Waals surface area contributed by atoms with E-state index in [1.165, 1.54) is 5.56 Å². The molecule has 94 valence electrons. The van der Waals surface area contributed by atoms with Gasteiger partial charge in [0.25, 0.3) is 0 Å². The summed E-state index contributed by atoms with van der Waals surface area (Å²) < 4.78 is 0. The highest BCUT2D eigenvalue weighted by Crippen LogP contribution is 2.36. The fraction of sp³-hybridized carbons (Fsp3) is 0.600. The van der Waals surface area contributed by atoms with Crippen LogP contribution >= 0.6 is 0 Å². The zero-order chi connectivity index (χ0) is 12.5. The van der Waals surface area contributed by atoms with Crippen molar-refractivity contribution in [1.82, 2.24) is 0 Å². The van der Waals surface area contributed by atoms with Crippen LogP contribution < -0.4 is 5.73 Å². The summed E-state index contributed by atoms with van der Waals surface area (Å²) in [6.45, 7) is 4.37. The third-order valence-electron chi connectivity index (χ3n) is 3.97. The van der Waals surface area contributed by atoms with Crippen molar-refractivity contribution in [3.05, 3.63) is 35.4 Å². The molecule has 0 heterocycles. The molecule has 1 fully saturated rings. The summed E-state index contributed by atoms with van der Waals surface area (Å²) in [5.74, 6) is 0.540. The van der Waals surface area contributed by atoms with Crippen molar-refractivity contribution >= 4 is 0 Å². The molecule has 0 atom stereocenters. The number of aliphatic hydroxyl groups is 1. The van der Waals surface area contributed by atoms with Crippen molar-refractivity contribution in [2.75, 3.05) is 0 Å². The number of nitrogens with two attached hydrogens (primary N) is 1. The molecule has 1 aliphatic rings. The number of benzene rings is 1. The van der Waals surface area contributed by atoms with Gasteiger partial charge >= 0.3 is 0 Å². The van der Waals surface area contributed by atoms with E-state index in [4.69, 9.17) is 5.73 Å². The van der Waals surface area contributed by atoms with Crippen molar-refractivity contribution in [2.45, 2.75) is 57.1 Å². The highest BCUT2D eigenvalue weighted by molar-refractivity contribution is 5.29. The Labute approximate surface area is 104 Å². The average molecular weight is 233 g/mol. The van der Waals surface area contributed by atoms with E-state index in [2.05, 4.69) is 38.1 Å². The Morgan fingerprint density at radius 1 is 1.18 bits per heavy atom. The summed E-state index contributed by atoms with van der Waals surface area (Å²) in [5, 5.41) is 10.6. The van der Waals surface area contributed by atoms with E-state index < -0.39 is 5.60 Å². The van der Waals surface area contributed by atoms with Crippen LogP contribution in [0.4, 0.5) is 0 Å². The van der Waals surface area contributed by atoms with Crippen molar-refractivity contribution in [2.24, 2.45) is 5.73 Å². The van der Waals surface area contributed by atoms with E-state index >= 15 is 0 Å². The lowest BCUT2D eigenvalue weighted by Crippen LogP contribution is -2.36. The lowest BCUT2D eigenvalue weighted by Gasteiger charge is -2.35. The first-order valence-corrected chi connectivity index (χ1v) is 6.60. The van der Waals surface area contributed by atoms with Gasteiger partial charge in [0.05, 0.1) is 5.60 Å². The minimum absolute atomic E-state index is 0.269. The van der Waals surface area contributed by atoms with Crippen LogP contribution in [0.2, 0.25) is 0 Å². The van der Waals surface area contributed by atoms with Gasteiger partial charge in [-0.3, -0.25) is 0 Å². The quantitative estimate of drug-likeness (QED) is 0.825. The van der Waals surface area contributed by atoms with Crippen LogP contribution in [-0.4, -0.2) is 11.1 Å². The summed E-state index contributed by atoms with van der Waals surface area (Å²) in [7, 11) is 0. The van der Waals surface area contributed by atoms with Gasteiger partial charge in [0, 0.05) is 6.04 Å². The second-order valence-electron chi connectivity index (χ2n) is 5.65. The second kappa shape index (κ2) is 4.79. The van der Waals surface area contributed by atoms with E-state index in [-0.39, 0.29) is 6.04 Å². The first-order chi connectivity index (χ1) is 8.01. The topological polar surface area (TPSA) is 46.2 Å². The molecule has 1 aliphatic carbocycles. The zero-order valence-electron chi connectivity index (χ0n) is 10.8. The van der Waals surface area contributed by atoms with Gasteiger partial charge in [-0.25, -0.2) is 0 Å². The summed E-state index contributed by atoms with van der Waals surface area (Å²) in [6, 6.07) is 8.68. The molecule has 1 saturated carbocycles. The van der Waals surface area contributed by atoms with E-state index in [1.54, 1.807) is 0 Å². The molecular weight excluding hydrogens is 210 g/mol. The first kappa shape index (κ1) is 12.6. The van der Waals surface area contributed by atoms with Crippen LogP contribution in [0, 0.1) is 0 Å². The Kier molecular flexibility index (Phi) is 3.55. The molecule has 0 aromatic heterocycles. The smallest absolute Gasteiger partial charge is 0.0897 e. The summed E-state index contributed by atoms with van der Waals surface area (Å²) in [4.78, 5) is 0. The predicted molar refractivity (Wildman–Crippen MR) is 70.9 cm³/mol. The zero-order valence-corrected chi connectivity index (χ0v) is 10.8.